The third kappa shape index (κ3) is 5.13. The number of rotatable bonds is 7. The normalized spacial score (nSPS) is 12.3. The number of aryl methyl sites for hydroxylation is 1. The molecule has 1 aromatic carbocycles. The van der Waals surface area contributed by atoms with Gasteiger partial charge in [-0.1, -0.05) is 24.6 Å². The highest BCUT2D eigenvalue weighted by Gasteiger charge is 2.06. The summed E-state index contributed by atoms with van der Waals surface area (Å²) in [4.78, 5) is 11.2. The zero-order valence-corrected chi connectivity index (χ0v) is 10.8. The molecular weight excluding hydrogens is 236 g/mol. The van der Waals surface area contributed by atoms with Gasteiger partial charge in [-0.3, -0.25) is 9.00 Å². The molecule has 1 N–H and O–H groups in total. The predicted molar refractivity (Wildman–Crippen MR) is 68.6 cm³/mol. The largest absolute Gasteiger partial charge is 0.481 e. The molecule has 4 heteroatoms. The van der Waals surface area contributed by atoms with Gasteiger partial charge in [-0.25, -0.2) is 0 Å². The lowest BCUT2D eigenvalue weighted by Crippen LogP contribution is -2.01. The zero-order valence-electron chi connectivity index (χ0n) is 10.0. The molecule has 0 spiro atoms. The van der Waals surface area contributed by atoms with Crippen molar-refractivity contribution in [3.8, 4) is 0 Å². The van der Waals surface area contributed by atoms with Crippen LogP contribution in [-0.2, 0) is 15.6 Å². The Hall–Kier alpha value is -1.16. The number of unbranched alkanes of at least 4 members (excludes halogenated alkanes) is 2. The highest BCUT2D eigenvalue weighted by Crippen LogP contribution is 2.14. The van der Waals surface area contributed by atoms with Gasteiger partial charge in [0.2, 0.25) is 0 Å². The van der Waals surface area contributed by atoms with Gasteiger partial charge < -0.3 is 5.11 Å². The third-order valence-corrected chi connectivity index (χ3v) is 4.17. The second kappa shape index (κ2) is 7.22. The Labute approximate surface area is 104 Å². The first kappa shape index (κ1) is 13.9. The van der Waals surface area contributed by atoms with Gasteiger partial charge in [-0.05, 0) is 31.4 Å². The molecular formula is C13H18O3S. The Kier molecular flexibility index (Phi) is 5.91. The first-order chi connectivity index (χ1) is 8.11. The predicted octanol–water partition coefficient (Wildman–Crippen LogP) is 2.75. The van der Waals surface area contributed by atoms with E-state index in [1.807, 2.05) is 31.2 Å². The van der Waals surface area contributed by atoms with Crippen LogP contribution in [-0.4, -0.2) is 21.0 Å². The van der Waals surface area contributed by atoms with E-state index in [-0.39, 0.29) is 6.42 Å². The number of carboxylic acid groups (broad SMARTS) is 1. The SMILES string of the molecule is Cc1ccccc1S(=O)CCCCCC(=O)O. The molecule has 0 saturated carbocycles. The van der Waals surface area contributed by atoms with Crippen LogP contribution in [0.4, 0.5) is 0 Å². The molecule has 3 nitrogen and oxygen atoms in total. The van der Waals surface area contributed by atoms with E-state index in [4.69, 9.17) is 5.11 Å². The minimum Gasteiger partial charge on any atom is -0.481 e. The summed E-state index contributed by atoms with van der Waals surface area (Å²) in [5.41, 5.74) is 1.05. The zero-order chi connectivity index (χ0) is 12.7. The summed E-state index contributed by atoms with van der Waals surface area (Å²) in [6, 6.07) is 7.67. The molecule has 0 aromatic heterocycles. The smallest absolute Gasteiger partial charge is 0.303 e. The van der Waals surface area contributed by atoms with E-state index in [1.54, 1.807) is 0 Å². The molecule has 1 unspecified atom stereocenters. The minimum absolute atomic E-state index is 0.205. The van der Waals surface area contributed by atoms with Gasteiger partial charge in [-0.2, -0.15) is 0 Å². The van der Waals surface area contributed by atoms with Crippen molar-refractivity contribution in [1.82, 2.24) is 0 Å². The molecule has 0 aliphatic carbocycles. The highest BCUT2D eigenvalue weighted by atomic mass is 32.2. The van der Waals surface area contributed by atoms with Gasteiger partial charge in [0.05, 0.1) is 10.8 Å². The fourth-order valence-corrected chi connectivity index (χ4v) is 2.95. The van der Waals surface area contributed by atoms with Crippen molar-refractivity contribution in [2.24, 2.45) is 0 Å². The van der Waals surface area contributed by atoms with E-state index < -0.39 is 16.8 Å². The lowest BCUT2D eigenvalue weighted by molar-refractivity contribution is -0.137. The van der Waals surface area contributed by atoms with Gasteiger partial charge in [-0.15, -0.1) is 0 Å². The van der Waals surface area contributed by atoms with Gasteiger partial charge in [0.1, 0.15) is 0 Å². The average molecular weight is 254 g/mol. The summed E-state index contributed by atoms with van der Waals surface area (Å²) >= 11 is 0. The second-order valence-corrected chi connectivity index (χ2v) is 5.56. The fourth-order valence-electron chi connectivity index (χ4n) is 1.61. The Morgan fingerprint density at radius 3 is 2.59 bits per heavy atom. The third-order valence-electron chi connectivity index (χ3n) is 2.56. The number of hydrogen-bond donors (Lipinski definition) is 1. The molecule has 17 heavy (non-hydrogen) atoms. The molecule has 0 amide bonds. The molecule has 0 saturated heterocycles. The molecule has 1 aromatic rings. The van der Waals surface area contributed by atoms with Crippen LogP contribution in [0, 0.1) is 6.92 Å². The van der Waals surface area contributed by atoms with Gasteiger partial charge in [0.15, 0.2) is 0 Å². The molecule has 0 fully saturated rings. The van der Waals surface area contributed by atoms with E-state index in [0.717, 1.165) is 23.3 Å². The van der Waals surface area contributed by atoms with Crippen molar-refractivity contribution in [3.05, 3.63) is 29.8 Å². The number of carboxylic acids is 1. The highest BCUT2D eigenvalue weighted by molar-refractivity contribution is 7.85. The maximum Gasteiger partial charge on any atom is 0.303 e. The number of carbonyl (C=O) groups is 1. The van der Waals surface area contributed by atoms with E-state index >= 15 is 0 Å². The van der Waals surface area contributed by atoms with Crippen LogP contribution < -0.4 is 0 Å². The van der Waals surface area contributed by atoms with Gasteiger partial charge in [0, 0.05) is 17.1 Å². The first-order valence-electron chi connectivity index (χ1n) is 5.77. The maximum atomic E-state index is 12.0. The van der Waals surface area contributed by atoms with Crippen LogP contribution in [0.1, 0.15) is 31.2 Å². The molecule has 0 radical (unpaired) electrons. The summed E-state index contributed by atoms with van der Waals surface area (Å²) in [6.45, 7) is 1.96. The maximum absolute atomic E-state index is 12.0. The first-order valence-corrected chi connectivity index (χ1v) is 7.09. The molecule has 0 heterocycles. The van der Waals surface area contributed by atoms with Crippen molar-refractivity contribution >= 4 is 16.8 Å². The van der Waals surface area contributed by atoms with Crippen molar-refractivity contribution in [2.45, 2.75) is 37.5 Å². The molecule has 1 atom stereocenters. The number of aliphatic carboxylic acids is 1. The van der Waals surface area contributed by atoms with Crippen LogP contribution in [0.3, 0.4) is 0 Å². The summed E-state index contributed by atoms with van der Waals surface area (Å²) in [5.74, 6) is -0.144. The van der Waals surface area contributed by atoms with Gasteiger partial charge in [0.25, 0.3) is 0 Å². The lowest BCUT2D eigenvalue weighted by atomic mass is 10.2. The lowest BCUT2D eigenvalue weighted by Gasteiger charge is -2.05. The molecule has 1 rings (SSSR count). The van der Waals surface area contributed by atoms with Gasteiger partial charge >= 0.3 is 5.97 Å². The summed E-state index contributed by atoms with van der Waals surface area (Å²) in [6.07, 6.45) is 2.51. The number of benzene rings is 1. The minimum atomic E-state index is -0.957. The van der Waals surface area contributed by atoms with E-state index in [9.17, 15) is 9.00 Å². The van der Waals surface area contributed by atoms with Crippen molar-refractivity contribution in [2.75, 3.05) is 5.75 Å². The van der Waals surface area contributed by atoms with Crippen LogP contribution in [0.2, 0.25) is 0 Å². The Balaban J connectivity index is 2.31. The Bertz CT molecular complexity index is 401. The second-order valence-electron chi connectivity index (χ2n) is 4.02. The van der Waals surface area contributed by atoms with Crippen molar-refractivity contribution < 1.29 is 14.1 Å². The average Bonchev–Trinajstić information content (AvgIpc) is 2.28. The summed E-state index contributed by atoms with van der Waals surface area (Å²) in [7, 11) is -0.957. The van der Waals surface area contributed by atoms with Crippen LogP contribution in [0.15, 0.2) is 29.2 Å². The van der Waals surface area contributed by atoms with E-state index in [2.05, 4.69) is 0 Å². The Morgan fingerprint density at radius 2 is 1.94 bits per heavy atom. The number of hydrogen-bond acceptors (Lipinski definition) is 2. The van der Waals surface area contributed by atoms with E-state index in [1.165, 1.54) is 0 Å². The summed E-state index contributed by atoms with van der Waals surface area (Å²) < 4.78 is 12.0. The molecule has 0 aliphatic rings. The topological polar surface area (TPSA) is 54.4 Å². The van der Waals surface area contributed by atoms with E-state index in [0.29, 0.717) is 12.2 Å². The van der Waals surface area contributed by atoms with Crippen LogP contribution >= 0.6 is 0 Å². The van der Waals surface area contributed by atoms with Crippen molar-refractivity contribution in [1.29, 1.82) is 0 Å². The standard InChI is InChI=1S/C13H18O3S/c1-11-7-4-5-8-12(11)17(16)10-6-2-3-9-13(14)15/h4-5,7-8H,2-3,6,9-10H2,1H3,(H,14,15). The van der Waals surface area contributed by atoms with Crippen LogP contribution in [0.5, 0.6) is 0 Å². The fraction of sp³-hybridized carbons (Fsp3) is 0.462. The molecule has 94 valence electrons. The molecule has 0 aliphatic heterocycles. The summed E-state index contributed by atoms with van der Waals surface area (Å²) in [5, 5.41) is 8.48. The Morgan fingerprint density at radius 1 is 1.24 bits per heavy atom. The monoisotopic (exact) mass is 254 g/mol. The molecule has 0 bridgehead atoms. The van der Waals surface area contributed by atoms with Crippen LogP contribution in [0.25, 0.3) is 0 Å². The quantitative estimate of drug-likeness (QED) is 0.761. The van der Waals surface area contributed by atoms with Crippen molar-refractivity contribution in [3.63, 3.8) is 0 Å².